The summed E-state index contributed by atoms with van der Waals surface area (Å²) in [6.07, 6.45) is 10.0. The van der Waals surface area contributed by atoms with Gasteiger partial charge >= 0.3 is 5.97 Å². The van der Waals surface area contributed by atoms with Crippen LogP contribution in [0.1, 0.15) is 24.8 Å². The van der Waals surface area contributed by atoms with Gasteiger partial charge in [0.1, 0.15) is 12.6 Å². The second-order valence-electron chi connectivity index (χ2n) is 5.70. The van der Waals surface area contributed by atoms with Gasteiger partial charge in [-0.15, -0.1) is 0 Å². The summed E-state index contributed by atoms with van der Waals surface area (Å²) in [6, 6.07) is 11.4. The van der Waals surface area contributed by atoms with Gasteiger partial charge < -0.3 is 9.64 Å². The lowest BCUT2D eigenvalue weighted by atomic mass is 10.0. The normalized spacial score (nSPS) is 17.8. The van der Waals surface area contributed by atoms with Crippen LogP contribution in [0.3, 0.4) is 0 Å². The minimum Gasteiger partial charge on any atom is -0.460 e. The lowest BCUT2D eigenvalue weighted by Gasteiger charge is -2.33. The number of hydrogen-bond acceptors (Lipinski definition) is 5. The van der Waals surface area contributed by atoms with Gasteiger partial charge in [0.05, 0.1) is 0 Å². The zero-order chi connectivity index (χ0) is 16.6. The van der Waals surface area contributed by atoms with E-state index in [0.717, 1.165) is 31.4 Å². The summed E-state index contributed by atoms with van der Waals surface area (Å²) in [5, 5.41) is 0. The number of esters is 1. The molecular weight excluding hydrogens is 302 g/mol. The summed E-state index contributed by atoms with van der Waals surface area (Å²) in [4.78, 5) is 22.9. The topological polar surface area (TPSA) is 55.3 Å². The van der Waals surface area contributed by atoms with Crippen molar-refractivity contribution >= 4 is 18.0 Å². The van der Waals surface area contributed by atoms with Crippen LogP contribution in [0, 0.1) is 0 Å². The first-order valence-corrected chi connectivity index (χ1v) is 8.26. The number of carbonyl (C=O) groups is 1. The molecule has 0 bridgehead atoms. The third kappa shape index (κ3) is 4.19. The Bertz CT molecular complexity index is 674. The Morgan fingerprint density at radius 3 is 2.75 bits per heavy atom. The van der Waals surface area contributed by atoms with Gasteiger partial charge in [0.25, 0.3) is 0 Å². The van der Waals surface area contributed by atoms with Gasteiger partial charge in [0.15, 0.2) is 0 Å². The molecule has 2 heterocycles. The standard InChI is InChI=1S/C19H21N3O2/c23-18(24-15-6-10-16-8-2-1-3-9-16)17-11-4-5-14-22(17)19-20-12-7-13-21-19/h1-3,6-10,12-13,17H,4-5,11,14-15H2. The molecule has 1 aliphatic heterocycles. The SMILES string of the molecule is O=C(OCC=Cc1ccccc1)C1CCCCN1c1ncccn1. The predicted molar refractivity (Wildman–Crippen MR) is 93.5 cm³/mol. The van der Waals surface area contributed by atoms with E-state index in [4.69, 9.17) is 4.74 Å². The van der Waals surface area contributed by atoms with Gasteiger partial charge in [0, 0.05) is 18.9 Å². The zero-order valence-corrected chi connectivity index (χ0v) is 13.5. The van der Waals surface area contributed by atoms with Crippen molar-refractivity contribution in [2.75, 3.05) is 18.1 Å². The number of nitrogens with zero attached hydrogens (tertiary/aromatic N) is 3. The molecular formula is C19H21N3O2. The highest BCUT2D eigenvalue weighted by molar-refractivity contribution is 5.79. The van der Waals surface area contributed by atoms with E-state index < -0.39 is 0 Å². The maximum atomic E-state index is 12.4. The van der Waals surface area contributed by atoms with Crippen LogP contribution < -0.4 is 4.90 Å². The van der Waals surface area contributed by atoms with Crippen molar-refractivity contribution in [3.05, 3.63) is 60.4 Å². The van der Waals surface area contributed by atoms with Crippen LogP contribution >= 0.6 is 0 Å². The molecule has 5 nitrogen and oxygen atoms in total. The maximum Gasteiger partial charge on any atom is 0.329 e. The number of aromatic nitrogens is 2. The highest BCUT2D eigenvalue weighted by Crippen LogP contribution is 2.22. The molecule has 0 spiro atoms. The molecule has 3 rings (SSSR count). The highest BCUT2D eigenvalue weighted by atomic mass is 16.5. The lowest BCUT2D eigenvalue weighted by Crippen LogP contribution is -2.46. The zero-order valence-electron chi connectivity index (χ0n) is 13.5. The van der Waals surface area contributed by atoms with Crippen molar-refractivity contribution in [2.45, 2.75) is 25.3 Å². The predicted octanol–water partition coefficient (Wildman–Crippen LogP) is 3.09. The van der Waals surface area contributed by atoms with E-state index in [1.54, 1.807) is 18.5 Å². The number of carbonyl (C=O) groups excluding carboxylic acids is 1. The fraction of sp³-hybridized carbons (Fsp3) is 0.316. The van der Waals surface area contributed by atoms with Crippen molar-refractivity contribution in [1.82, 2.24) is 9.97 Å². The summed E-state index contributed by atoms with van der Waals surface area (Å²) in [5.41, 5.74) is 1.09. The van der Waals surface area contributed by atoms with E-state index in [2.05, 4.69) is 9.97 Å². The van der Waals surface area contributed by atoms with E-state index >= 15 is 0 Å². The molecule has 1 aromatic heterocycles. The fourth-order valence-corrected chi connectivity index (χ4v) is 2.83. The van der Waals surface area contributed by atoms with E-state index in [-0.39, 0.29) is 18.6 Å². The number of benzene rings is 1. The molecule has 2 aromatic rings. The molecule has 1 unspecified atom stereocenters. The molecule has 0 saturated carbocycles. The van der Waals surface area contributed by atoms with Gasteiger partial charge in [-0.05, 0) is 37.0 Å². The Kier molecular flexibility index (Phi) is 5.56. The van der Waals surface area contributed by atoms with Crippen molar-refractivity contribution in [1.29, 1.82) is 0 Å². The largest absolute Gasteiger partial charge is 0.460 e. The molecule has 1 atom stereocenters. The average molecular weight is 323 g/mol. The summed E-state index contributed by atoms with van der Waals surface area (Å²) in [5.74, 6) is 0.388. The first-order valence-electron chi connectivity index (χ1n) is 8.26. The Morgan fingerprint density at radius 1 is 1.17 bits per heavy atom. The van der Waals surface area contributed by atoms with Crippen LogP contribution in [0.15, 0.2) is 54.9 Å². The van der Waals surface area contributed by atoms with Crippen molar-refractivity contribution in [2.24, 2.45) is 0 Å². The minimum atomic E-state index is -0.300. The first-order chi connectivity index (χ1) is 11.8. The smallest absolute Gasteiger partial charge is 0.329 e. The average Bonchev–Trinajstić information content (AvgIpc) is 2.66. The van der Waals surface area contributed by atoms with Crippen LogP contribution in [0.25, 0.3) is 6.08 Å². The first kappa shape index (κ1) is 16.2. The summed E-state index contributed by atoms with van der Waals surface area (Å²) in [6.45, 7) is 1.05. The lowest BCUT2D eigenvalue weighted by molar-refractivity contribution is -0.144. The molecule has 1 aromatic carbocycles. The van der Waals surface area contributed by atoms with Gasteiger partial charge in [-0.3, -0.25) is 0 Å². The Balaban J connectivity index is 1.57. The summed E-state index contributed by atoms with van der Waals surface area (Å²) in [7, 11) is 0. The van der Waals surface area contributed by atoms with E-state index in [0.29, 0.717) is 5.95 Å². The summed E-state index contributed by atoms with van der Waals surface area (Å²) >= 11 is 0. The number of anilines is 1. The highest BCUT2D eigenvalue weighted by Gasteiger charge is 2.31. The number of rotatable bonds is 5. The van der Waals surface area contributed by atoms with Crippen molar-refractivity contribution < 1.29 is 9.53 Å². The monoisotopic (exact) mass is 323 g/mol. The molecule has 5 heteroatoms. The third-order valence-electron chi connectivity index (χ3n) is 4.02. The van der Waals surface area contributed by atoms with E-state index in [1.165, 1.54) is 0 Å². The Morgan fingerprint density at radius 2 is 1.96 bits per heavy atom. The molecule has 0 radical (unpaired) electrons. The molecule has 0 N–H and O–H groups in total. The molecule has 24 heavy (non-hydrogen) atoms. The maximum absolute atomic E-state index is 12.4. The quantitative estimate of drug-likeness (QED) is 0.792. The molecule has 124 valence electrons. The van der Waals surface area contributed by atoms with E-state index in [1.807, 2.05) is 47.4 Å². The third-order valence-corrected chi connectivity index (χ3v) is 4.02. The van der Waals surface area contributed by atoms with E-state index in [9.17, 15) is 4.79 Å². The van der Waals surface area contributed by atoms with Gasteiger partial charge in [-0.1, -0.05) is 36.4 Å². The number of piperidine rings is 1. The molecule has 1 aliphatic rings. The van der Waals surface area contributed by atoms with Crippen LogP contribution in [-0.2, 0) is 9.53 Å². The van der Waals surface area contributed by atoms with Crippen LogP contribution in [0.5, 0.6) is 0 Å². The van der Waals surface area contributed by atoms with Gasteiger partial charge in [-0.2, -0.15) is 0 Å². The minimum absolute atomic E-state index is 0.208. The van der Waals surface area contributed by atoms with Crippen LogP contribution in [-0.4, -0.2) is 35.1 Å². The Hall–Kier alpha value is -2.69. The van der Waals surface area contributed by atoms with Crippen LogP contribution in [0.2, 0.25) is 0 Å². The Labute approximate surface area is 142 Å². The number of ether oxygens (including phenoxy) is 1. The molecule has 1 fully saturated rings. The van der Waals surface area contributed by atoms with Gasteiger partial charge in [0.2, 0.25) is 5.95 Å². The number of hydrogen-bond donors (Lipinski definition) is 0. The molecule has 0 amide bonds. The molecule has 1 saturated heterocycles. The van der Waals surface area contributed by atoms with Crippen molar-refractivity contribution in [3.8, 4) is 0 Å². The van der Waals surface area contributed by atoms with Crippen LogP contribution in [0.4, 0.5) is 5.95 Å². The molecule has 0 aliphatic carbocycles. The second kappa shape index (κ2) is 8.24. The van der Waals surface area contributed by atoms with Crippen molar-refractivity contribution in [3.63, 3.8) is 0 Å². The second-order valence-corrected chi connectivity index (χ2v) is 5.70. The fourth-order valence-electron chi connectivity index (χ4n) is 2.83. The summed E-state index contributed by atoms with van der Waals surface area (Å²) < 4.78 is 5.43. The van der Waals surface area contributed by atoms with Gasteiger partial charge in [-0.25, -0.2) is 14.8 Å².